The van der Waals surface area contributed by atoms with Crippen LogP contribution in [0, 0.1) is 0 Å². The molecule has 1 amide bonds. The predicted molar refractivity (Wildman–Crippen MR) is 114 cm³/mol. The SMILES string of the molecule is C=CCC(=O)N(c1cc(Cl)cc(O[Si](C)(C)C(C)(C)C)c1)C1CCCC1. The molecule has 0 bridgehead atoms. The molecule has 0 aromatic heterocycles. The van der Waals surface area contributed by atoms with Gasteiger partial charge in [-0.15, -0.1) is 6.58 Å². The van der Waals surface area contributed by atoms with E-state index in [1.165, 1.54) is 0 Å². The van der Waals surface area contributed by atoms with Crippen molar-refractivity contribution in [2.45, 2.75) is 77.0 Å². The van der Waals surface area contributed by atoms with E-state index in [0.29, 0.717) is 11.4 Å². The summed E-state index contributed by atoms with van der Waals surface area (Å²) in [7, 11) is -1.98. The molecule has 0 unspecified atom stereocenters. The number of hydrogen-bond donors (Lipinski definition) is 0. The van der Waals surface area contributed by atoms with Crippen molar-refractivity contribution in [3.63, 3.8) is 0 Å². The molecule has 1 aliphatic carbocycles. The third-order valence-corrected chi connectivity index (χ3v) is 10.2. The number of nitrogens with zero attached hydrogens (tertiary/aromatic N) is 1. The largest absolute Gasteiger partial charge is 0.543 e. The van der Waals surface area contributed by atoms with Gasteiger partial charge in [-0.1, -0.05) is 51.3 Å². The van der Waals surface area contributed by atoms with Crippen molar-refractivity contribution in [2.75, 3.05) is 4.90 Å². The second-order valence-corrected chi connectivity index (χ2v) is 13.9. The van der Waals surface area contributed by atoms with Crippen molar-refractivity contribution >= 4 is 31.5 Å². The zero-order valence-corrected chi connectivity index (χ0v) is 18.5. The fourth-order valence-electron chi connectivity index (χ4n) is 3.14. The van der Waals surface area contributed by atoms with Gasteiger partial charge in [0.2, 0.25) is 14.2 Å². The van der Waals surface area contributed by atoms with E-state index in [1.807, 2.05) is 23.1 Å². The quantitative estimate of drug-likeness (QED) is 0.403. The number of hydrogen-bond acceptors (Lipinski definition) is 2. The number of carbonyl (C=O) groups is 1. The van der Waals surface area contributed by atoms with Crippen molar-refractivity contribution in [2.24, 2.45) is 0 Å². The number of amides is 1. The molecule has 144 valence electrons. The minimum atomic E-state index is -1.98. The lowest BCUT2D eigenvalue weighted by Crippen LogP contribution is -2.44. The molecule has 1 saturated carbocycles. The minimum Gasteiger partial charge on any atom is -0.543 e. The predicted octanol–water partition coefficient (Wildman–Crippen LogP) is 6.58. The third-order valence-electron chi connectivity index (χ3n) is 5.59. The van der Waals surface area contributed by atoms with Crippen molar-refractivity contribution in [1.82, 2.24) is 0 Å². The van der Waals surface area contributed by atoms with Gasteiger partial charge in [0.05, 0.1) is 0 Å². The van der Waals surface area contributed by atoms with Crippen molar-refractivity contribution in [1.29, 1.82) is 0 Å². The normalized spacial score (nSPS) is 15.8. The van der Waals surface area contributed by atoms with E-state index >= 15 is 0 Å². The van der Waals surface area contributed by atoms with Gasteiger partial charge in [0, 0.05) is 29.2 Å². The zero-order chi connectivity index (χ0) is 19.5. The van der Waals surface area contributed by atoms with E-state index < -0.39 is 8.32 Å². The lowest BCUT2D eigenvalue weighted by atomic mass is 10.1. The number of halogens is 1. The Morgan fingerprint density at radius 3 is 2.46 bits per heavy atom. The van der Waals surface area contributed by atoms with Crippen molar-refractivity contribution < 1.29 is 9.22 Å². The summed E-state index contributed by atoms with van der Waals surface area (Å²) >= 11 is 6.40. The number of rotatable bonds is 6. The van der Waals surface area contributed by atoms with Gasteiger partial charge in [0.1, 0.15) is 5.75 Å². The first kappa shape index (κ1) is 21.0. The first-order valence-electron chi connectivity index (χ1n) is 9.48. The number of benzene rings is 1. The Morgan fingerprint density at radius 1 is 1.31 bits per heavy atom. The van der Waals surface area contributed by atoms with Gasteiger partial charge in [0.25, 0.3) is 0 Å². The van der Waals surface area contributed by atoms with E-state index in [-0.39, 0.29) is 17.0 Å². The monoisotopic (exact) mass is 393 g/mol. The Hall–Kier alpha value is -1.26. The fraction of sp³-hybridized carbons (Fsp3) is 0.571. The van der Waals surface area contributed by atoms with E-state index in [4.69, 9.17) is 16.0 Å². The van der Waals surface area contributed by atoms with E-state index in [2.05, 4.69) is 40.4 Å². The average Bonchev–Trinajstić information content (AvgIpc) is 2.99. The molecular formula is C21H32ClNO2Si. The van der Waals surface area contributed by atoms with Gasteiger partial charge < -0.3 is 9.33 Å². The second-order valence-electron chi connectivity index (χ2n) is 8.70. The topological polar surface area (TPSA) is 29.5 Å². The van der Waals surface area contributed by atoms with Gasteiger partial charge in [0.15, 0.2) is 0 Å². The molecule has 0 aliphatic heterocycles. The molecule has 1 aliphatic rings. The number of carbonyl (C=O) groups excluding carboxylic acids is 1. The summed E-state index contributed by atoms with van der Waals surface area (Å²) in [6.07, 6.45) is 6.40. The van der Waals surface area contributed by atoms with Crippen LogP contribution in [0.3, 0.4) is 0 Å². The highest BCUT2D eigenvalue weighted by Gasteiger charge is 2.39. The highest BCUT2D eigenvalue weighted by atomic mass is 35.5. The summed E-state index contributed by atoms with van der Waals surface area (Å²) in [6.45, 7) is 14.8. The minimum absolute atomic E-state index is 0.0763. The summed E-state index contributed by atoms with van der Waals surface area (Å²) in [5, 5.41) is 0.699. The summed E-state index contributed by atoms with van der Waals surface area (Å²) in [5.74, 6) is 0.834. The van der Waals surface area contributed by atoms with Gasteiger partial charge >= 0.3 is 0 Å². The Morgan fingerprint density at radius 2 is 1.92 bits per heavy atom. The molecule has 2 rings (SSSR count). The molecule has 3 nitrogen and oxygen atoms in total. The van der Waals surface area contributed by atoms with Crippen LogP contribution in [0.2, 0.25) is 23.2 Å². The standard InChI is InChI=1S/C21H32ClNO2Si/c1-7-10-20(24)23(17-11-8-9-12-17)18-13-16(22)14-19(15-18)25-26(5,6)21(2,3)4/h7,13-15,17H,1,8-12H2,2-6H3. The van der Waals surface area contributed by atoms with E-state index in [9.17, 15) is 4.79 Å². The van der Waals surface area contributed by atoms with Crippen LogP contribution in [0.25, 0.3) is 0 Å². The molecular weight excluding hydrogens is 362 g/mol. The molecule has 0 saturated heterocycles. The highest BCUT2D eigenvalue weighted by Crippen LogP contribution is 2.39. The smallest absolute Gasteiger partial charge is 0.250 e. The Kier molecular flexibility index (Phi) is 6.62. The molecule has 0 heterocycles. The molecule has 1 fully saturated rings. The van der Waals surface area contributed by atoms with Crippen LogP contribution in [0.4, 0.5) is 5.69 Å². The Bertz CT molecular complexity index is 660. The maximum Gasteiger partial charge on any atom is 0.250 e. The molecule has 0 N–H and O–H groups in total. The maximum atomic E-state index is 12.8. The average molecular weight is 394 g/mol. The summed E-state index contributed by atoms with van der Waals surface area (Å²) < 4.78 is 6.44. The van der Waals surface area contributed by atoms with Crippen LogP contribution >= 0.6 is 11.6 Å². The third kappa shape index (κ3) is 4.92. The molecule has 1 aromatic carbocycles. The fourth-order valence-corrected chi connectivity index (χ4v) is 4.37. The van der Waals surface area contributed by atoms with Gasteiger partial charge in [-0.25, -0.2) is 0 Å². The lowest BCUT2D eigenvalue weighted by Gasteiger charge is -2.37. The van der Waals surface area contributed by atoms with Crippen LogP contribution in [0.1, 0.15) is 52.9 Å². The molecule has 0 radical (unpaired) electrons. The van der Waals surface area contributed by atoms with Crippen LogP contribution < -0.4 is 9.33 Å². The second kappa shape index (κ2) is 8.18. The van der Waals surface area contributed by atoms with Crippen molar-refractivity contribution in [3.05, 3.63) is 35.9 Å². The van der Waals surface area contributed by atoms with Gasteiger partial charge in [-0.3, -0.25) is 4.79 Å². The Labute approximate surface area is 164 Å². The first-order chi connectivity index (χ1) is 12.0. The summed E-state index contributed by atoms with van der Waals surface area (Å²) in [4.78, 5) is 14.7. The van der Waals surface area contributed by atoms with E-state index in [1.54, 1.807) is 6.08 Å². The summed E-state index contributed by atoms with van der Waals surface area (Å²) in [6, 6.07) is 5.95. The van der Waals surface area contributed by atoms with Gasteiger partial charge in [-0.05, 0) is 43.1 Å². The zero-order valence-electron chi connectivity index (χ0n) is 16.8. The van der Waals surface area contributed by atoms with Crippen molar-refractivity contribution in [3.8, 4) is 5.75 Å². The van der Waals surface area contributed by atoms with Crippen LogP contribution in [-0.4, -0.2) is 20.3 Å². The van der Waals surface area contributed by atoms with Crippen LogP contribution in [0.15, 0.2) is 30.9 Å². The van der Waals surface area contributed by atoms with E-state index in [0.717, 1.165) is 37.1 Å². The van der Waals surface area contributed by atoms with Crippen LogP contribution in [-0.2, 0) is 4.79 Å². The molecule has 26 heavy (non-hydrogen) atoms. The molecule has 5 heteroatoms. The summed E-state index contributed by atoms with van der Waals surface area (Å²) in [5.41, 5.74) is 0.838. The first-order valence-corrected chi connectivity index (χ1v) is 12.8. The molecule has 0 atom stereocenters. The number of anilines is 1. The lowest BCUT2D eigenvalue weighted by molar-refractivity contribution is -0.118. The Balaban J connectivity index is 2.39. The van der Waals surface area contributed by atoms with Gasteiger partial charge in [-0.2, -0.15) is 0 Å². The highest BCUT2D eigenvalue weighted by molar-refractivity contribution is 6.74. The maximum absolute atomic E-state index is 12.8. The van der Waals surface area contributed by atoms with Crippen LogP contribution in [0.5, 0.6) is 5.75 Å². The molecule has 1 aromatic rings. The molecule has 0 spiro atoms.